The third-order valence-electron chi connectivity index (χ3n) is 3.07. The van der Waals surface area contributed by atoms with Gasteiger partial charge in [-0.05, 0) is 29.3 Å². The van der Waals surface area contributed by atoms with Crippen molar-refractivity contribution in [3.8, 4) is 11.1 Å². The Labute approximate surface area is 120 Å². The van der Waals surface area contributed by atoms with Crippen molar-refractivity contribution in [1.82, 2.24) is 5.32 Å². The molecule has 0 spiro atoms. The predicted octanol–water partition coefficient (Wildman–Crippen LogP) is 4.41. The van der Waals surface area contributed by atoms with Crippen LogP contribution in [0.3, 0.4) is 0 Å². The molecular formula is C16H15F4N. The number of hydrogen-bond acceptors (Lipinski definition) is 1. The second-order valence-corrected chi connectivity index (χ2v) is 5.10. The Morgan fingerprint density at radius 1 is 0.857 bits per heavy atom. The molecule has 0 atom stereocenters. The highest BCUT2D eigenvalue weighted by Crippen LogP contribution is 2.25. The number of benzene rings is 2. The van der Waals surface area contributed by atoms with Crippen molar-refractivity contribution in [3.05, 3.63) is 59.2 Å². The first-order valence-corrected chi connectivity index (χ1v) is 6.55. The lowest BCUT2D eigenvalue weighted by atomic mass is 10.0. The molecule has 0 aliphatic heterocycles. The zero-order chi connectivity index (χ0) is 15.6. The van der Waals surface area contributed by atoms with Gasteiger partial charge in [-0.25, -0.2) is 17.6 Å². The van der Waals surface area contributed by atoms with Crippen LogP contribution in [0, 0.1) is 23.3 Å². The van der Waals surface area contributed by atoms with Crippen molar-refractivity contribution < 1.29 is 17.6 Å². The van der Waals surface area contributed by atoms with Crippen LogP contribution in [0.25, 0.3) is 11.1 Å². The van der Waals surface area contributed by atoms with Crippen LogP contribution in [0.2, 0.25) is 0 Å². The number of rotatable bonds is 4. The summed E-state index contributed by atoms with van der Waals surface area (Å²) in [5, 5.41) is 3.08. The number of hydrogen-bond donors (Lipinski definition) is 1. The van der Waals surface area contributed by atoms with Gasteiger partial charge in [0.05, 0.1) is 0 Å². The molecular weight excluding hydrogens is 282 g/mol. The topological polar surface area (TPSA) is 12.0 Å². The molecule has 0 aliphatic rings. The van der Waals surface area contributed by atoms with Crippen LogP contribution in [-0.2, 0) is 6.54 Å². The van der Waals surface area contributed by atoms with Crippen molar-refractivity contribution >= 4 is 0 Å². The average molecular weight is 297 g/mol. The first-order chi connectivity index (χ1) is 9.88. The zero-order valence-corrected chi connectivity index (χ0v) is 11.7. The summed E-state index contributed by atoms with van der Waals surface area (Å²) in [6.45, 7) is 4.24. The van der Waals surface area contributed by atoms with Gasteiger partial charge >= 0.3 is 0 Å². The van der Waals surface area contributed by atoms with Gasteiger partial charge in [-0.2, -0.15) is 0 Å². The Balaban J connectivity index is 2.32. The molecule has 21 heavy (non-hydrogen) atoms. The molecule has 0 unspecified atom stereocenters. The fourth-order valence-electron chi connectivity index (χ4n) is 1.91. The maximum atomic E-state index is 14.0. The first kappa shape index (κ1) is 15.5. The Bertz CT molecular complexity index is 630. The Morgan fingerprint density at radius 3 is 1.95 bits per heavy atom. The Kier molecular flexibility index (Phi) is 4.63. The molecule has 5 heteroatoms. The minimum absolute atomic E-state index is 0.0914. The summed E-state index contributed by atoms with van der Waals surface area (Å²) >= 11 is 0. The van der Waals surface area contributed by atoms with Gasteiger partial charge in [0.15, 0.2) is 17.5 Å². The van der Waals surface area contributed by atoms with Gasteiger partial charge in [0.1, 0.15) is 5.82 Å². The van der Waals surface area contributed by atoms with Gasteiger partial charge in [-0.15, -0.1) is 0 Å². The number of nitrogens with one attached hydrogen (secondary N) is 1. The normalized spacial score (nSPS) is 11.2. The highest BCUT2D eigenvalue weighted by molar-refractivity contribution is 5.64. The molecule has 0 bridgehead atoms. The van der Waals surface area contributed by atoms with Gasteiger partial charge in [0, 0.05) is 18.2 Å². The summed E-state index contributed by atoms with van der Waals surface area (Å²) in [4.78, 5) is 0. The molecule has 0 aliphatic carbocycles. The zero-order valence-electron chi connectivity index (χ0n) is 11.7. The molecule has 1 nitrogen and oxygen atoms in total. The van der Waals surface area contributed by atoms with Gasteiger partial charge in [0.25, 0.3) is 0 Å². The summed E-state index contributed by atoms with van der Waals surface area (Å²) in [6, 6.07) is 6.18. The van der Waals surface area contributed by atoms with E-state index in [9.17, 15) is 17.6 Å². The predicted molar refractivity (Wildman–Crippen MR) is 73.7 cm³/mol. The standard InChI is InChI=1S/C16H15F4N/c1-9(2)21-8-11-4-3-10(5-13(11)17)12-6-14(18)16(20)15(19)7-12/h3-7,9,21H,8H2,1-2H3. The van der Waals surface area contributed by atoms with E-state index in [-0.39, 0.29) is 11.6 Å². The largest absolute Gasteiger partial charge is 0.310 e. The van der Waals surface area contributed by atoms with Crippen molar-refractivity contribution in [3.63, 3.8) is 0 Å². The molecule has 0 aromatic heterocycles. The van der Waals surface area contributed by atoms with Crippen LogP contribution < -0.4 is 5.32 Å². The van der Waals surface area contributed by atoms with E-state index in [0.717, 1.165) is 12.1 Å². The molecule has 2 aromatic rings. The van der Waals surface area contributed by atoms with Crippen LogP contribution in [0.1, 0.15) is 19.4 Å². The summed E-state index contributed by atoms with van der Waals surface area (Å²) in [7, 11) is 0. The molecule has 1 N–H and O–H groups in total. The maximum Gasteiger partial charge on any atom is 0.194 e. The summed E-state index contributed by atoms with van der Waals surface area (Å²) < 4.78 is 53.3. The lowest BCUT2D eigenvalue weighted by molar-refractivity contribution is 0.447. The lowest BCUT2D eigenvalue weighted by Crippen LogP contribution is -2.22. The minimum Gasteiger partial charge on any atom is -0.310 e. The smallest absolute Gasteiger partial charge is 0.194 e. The quantitative estimate of drug-likeness (QED) is 0.651. The van der Waals surface area contributed by atoms with Crippen LogP contribution in [0.4, 0.5) is 17.6 Å². The van der Waals surface area contributed by atoms with Crippen LogP contribution in [-0.4, -0.2) is 6.04 Å². The lowest BCUT2D eigenvalue weighted by Gasteiger charge is -2.10. The van der Waals surface area contributed by atoms with E-state index in [0.29, 0.717) is 17.7 Å². The average Bonchev–Trinajstić information content (AvgIpc) is 2.42. The molecule has 0 amide bonds. The molecule has 2 rings (SSSR count). The first-order valence-electron chi connectivity index (χ1n) is 6.55. The van der Waals surface area contributed by atoms with Gasteiger partial charge in [-0.3, -0.25) is 0 Å². The van der Waals surface area contributed by atoms with Crippen LogP contribution in [0.15, 0.2) is 30.3 Å². The van der Waals surface area contributed by atoms with Crippen molar-refractivity contribution in [2.45, 2.75) is 26.4 Å². The van der Waals surface area contributed by atoms with E-state index < -0.39 is 23.3 Å². The third-order valence-corrected chi connectivity index (χ3v) is 3.07. The number of halogens is 4. The SMILES string of the molecule is CC(C)NCc1ccc(-c2cc(F)c(F)c(F)c2)cc1F. The second kappa shape index (κ2) is 6.26. The Morgan fingerprint density at radius 2 is 1.43 bits per heavy atom. The van der Waals surface area contributed by atoms with E-state index in [1.54, 1.807) is 12.1 Å². The molecule has 2 aromatic carbocycles. The van der Waals surface area contributed by atoms with Gasteiger partial charge in [-0.1, -0.05) is 26.0 Å². The van der Waals surface area contributed by atoms with Crippen molar-refractivity contribution in [2.24, 2.45) is 0 Å². The van der Waals surface area contributed by atoms with Gasteiger partial charge < -0.3 is 5.32 Å². The maximum absolute atomic E-state index is 14.0. The third kappa shape index (κ3) is 3.61. The molecule has 0 saturated heterocycles. The van der Waals surface area contributed by atoms with E-state index in [2.05, 4.69) is 5.32 Å². The fraction of sp³-hybridized carbons (Fsp3) is 0.250. The summed E-state index contributed by atoms with van der Waals surface area (Å²) in [5.74, 6) is -4.60. The second-order valence-electron chi connectivity index (χ2n) is 5.10. The highest BCUT2D eigenvalue weighted by Gasteiger charge is 2.13. The summed E-state index contributed by atoms with van der Waals surface area (Å²) in [5.41, 5.74) is 0.836. The van der Waals surface area contributed by atoms with Crippen molar-refractivity contribution in [1.29, 1.82) is 0 Å². The van der Waals surface area contributed by atoms with E-state index in [1.807, 2.05) is 13.8 Å². The van der Waals surface area contributed by atoms with E-state index >= 15 is 0 Å². The summed E-state index contributed by atoms with van der Waals surface area (Å²) in [6.07, 6.45) is 0. The molecule has 0 saturated carbocycles. The minimum atomic E-state index is -1.53. The van der Waals surface area contributed by atoms with E-state index in [4.69, 9.17) is 0 Å². The molecule has 0 heterocycles. The van der Waals surface area contributed by atoms with Crippen molar-refractivity contribution in [2.75, 3.05) is 0 Å². The van der Waals surface area contributed by atoms with Crippen LogP contribution >= 0.6 is 0 Å². The molecule has 0 fully saturated rings. The monoisotopic (exact) mass is 297 g/mol. The molecule has 112 valence electrons. The van der Waals surface area contributed by atoms with Gasteiger partial charge in [0.2, 0.25) is 0 Å². The Hall–Kier alpha value is -1.88. The fourth-order valence-corrected chi connectivity index (χ4v) is 1.91. The molecule has 0 radical (unpaired) electrons. The van der Waals surface area contributed by atoms with E-state index in [1.165, 1.54) is 6.07 Å². The van der Waals surface area contributed by atoms with Crippen LogP contribution in [0.5, 0.6) is 0 Å². The highest BCUT2D eigenvalue weighted by atomic mass is 19.2.